The molecule has 1 N–H and O–H groups in total. The predicted octanol–water partition coefficient (Wildman–Crippen LogP) is 3.42. The van der Waals surface area contributed by atoms with E-state index in [2.05, 4.69) is 10.3 Å². The second kappa shape index (κ2) is 6.13. The molecule has 2 atom stereocenters. The fourth-order valence-corrected chi connectivity index (χ4v) is 2.99. The highest BCUT2D eigenvalue weighted by molar-refractivity contribution is 5.77. The van der Waals surface area contributed by atoms with E-state index in [0.717, 1.165) is 44.0 Å². The van der Waals surface area contributed by atoms with Gasteiger partial charge in [0, 0.05) is 20.2 Å². The van der Waals surface area contributed by atoms with Gasteiger partial charge in [-0.2, -0.15) is 13.2 Å². The number of nitrogens with one attached hydrogen (secondary N) is 1. The van der Waals surface area contributed by atoms with Crippen LogP contribution in [0.25, 0.3) is 11.0 Å². The number of aryl methyl sites for hydroxylation is 1. The lowest BCUT2D eigenvalue weighted by atomic mass is 10.2. The number of benzene rings is 1. The second-order valence-corrected chi connectivity index (χ2v) is 6.00. The van der Waals surface area contributed by atoms with Crippen LogP contribution in [0.5, 0.6) is 0 Å². The van der Waals surface area contributed by atoms with Gasteiger partial charge < -0.3 is 14.6 Å². The smallest absolute Gasteiger partial charge is 0.377 e. The maximum atomic E-state index is 12.8. The van der Waals surface area contributed by atoms with Gasteiger partial charge in [-0.15, -0.1) is 0 Å². The van der Waals surface area contributed by atoms with Crippen LogP contribution in [-0.4, -0.2) is 28.8 Å². The molecule has 0 saturated carbocycles. The van der Waals surface area contributed by atoms with E-state index in [1.165, 1.54) is 6.07 Å². The maximum absolute atomic E-state index is 12.8. The molecule has 0 radical (unpaired) electrons. The molecule has 1 saturated heterocycles. The normalized spacial score (nSPS) is 20.3. The first-order valence-electron chi connectivity index (χ1n) is 7.75. The Bertz CT molecular complexity index is 690. The molecule has 0 aliphatic carbocycles. The third-order valence-corrected chi connectivity index (χ3v) is 4.31. The van der Waals surface area contributed by atoms with Crippen LogP contribution >= 0.6 is 0 Å². The first-order chi connectivity index (χ1) is 10.9. The third-order valence-electron chi connectivity index (χ3n) is 4.31. The van der Waals surface area contributed by atoms with Gasteiger partial charge in [-0.05, 0) is 38.0 Å². The standard InChI is InChI=1S/C16H20F3N3O/c1-10(20-9-12-4-3-7-23-12)15-21-13-8-11(16(17,18)19)5-6-14(13)22(15)2/h5-6,8,10,12,20H,3-4,7,9H2,1-2H3. The van der Waals surface area contributed by atoms with Crippen LogP contribution in [0.3, 0.4) is 0 Å². The summed E-state index contributed by atoms with van der Waals surface area (Å²) in [6.45, 7) is 3.48. The van der Waals surface area contributed by atoms with Crippen molar-refractivity contribution in [3.8, 4) is 0 Å². The highest BCUT2D eigenvalue weighted by atomic mass is 19.4. The predicted molar refractivity (Wildman–Crippen MR) is 81.1 cm³/mol. The largest absolute Gasteiger partial charge is 0.416 e. The van der Waals surface area contributed by atoms with Crippen molar-refractivity contribution in [1.29, 1.82) is 0 Å². The summed E-state index contributed by atoms with van der Waals surface area (Å²) in [4.78, 5) is 4.39. The molecule has 1 fully saturated rings. The van der Waals surface area contributed by atoms with Gasteiger partial charge in [0.05, 0.1) is 28.7 Å². The summed E-state index contributed by atoms with van der Waals surface area (Å²) >= 11 is 0. The summed E-state index contributed by atoms with van der Waals surface area (Å²) in [7, 11) is 1.82. The van der Waals surface area contributed by atoms with E-state index in [1.54, 1.807) is 0 Å². The fourth-order valence-electron chi connectivity index (χ4n) is 2.99. The lowest BCUT2D eigenvalue weighted by Crippen LogP contribution is -2.29. The second-order valence-electron chi connectivity index (χ2n) is 6.00. The molecular weight excluding hydrogens is 307 g/mol. The molecule has 1 aliphatic heterocycles. The summed E-state index contributed by atoms with van der Waals surface area (Å²) in [6.07, 6.45) is -2.02. The molecule has 1 aromatic heterocycles. The molecule has 2 heterocycles. The van der Waals surface area contributed by atoms with Crippen molar-refractivity contribution in [3.63, 3.8) is 0 Å². The molecular formula is C16H20F3N3O. The molecule has 2 aromatic rings. The minimum Gasteiger partial charge on any atom is -0.377 e. The van der Waals surface area contributed by atoms with E-state index in [4.69, 9.17) is 4.74 Å². The van der Waals surface area contributed by atoms with Gasteiger partial charge in [0.2, 0.25) is 0 Å². The third kappa shape index (κ3) is 3.35. The Labute approximate surface area is 132 Å². The number of aromatic nitrogens is 2. The van der Waals surface area contributed by atoms with Gasteiger partial charge in [0.1, 0.15) is 5.82 Å². The minimum absolute atomic E-state index is 0.0639. The van der Waals surface area contributed by atoms with E-state index in [0.29, 0.717) is 11.0 Å². The highest BCUT2D eigenvalue weighted by Crippen LogP contribution is 2.31. The Morgan fingerprint density at radius 1 is 1.43 bits per heavy atom. The van der Waals surface area contributed by atoms with Crippen molar-refractivity contribution in [2.45, 2.75) is 38.1 Å². The summed E-state index contributed by atoms with van der Waals surface area (Å²) in [5.74, 6) is 0.720. The maximum Gasteiger partial charge on any atom is 0.416 e. The van der Waals surface area contributed by atoms with Crippen molar-refractivity contribution < 1.29 is 17.9 Å². The van der Waals surface area contributed by atoms with Crippen LogP contribution in [-0.2, 0) is 18.0 Å². The molecule has 126 valence electrons. The van der Waals surface area contributed by atoms with E-state index in [9.17, 15) is 13.2 Å². The Balaban J connectivity index is 1.81. The molecule has 7 heteroatoms. The van der Waals surface area contributed by atoms with Crippen LogP contribution < -0.4 is 5.32 Å². The first kappa shape index (κ1) is 16.3. The average Bonchev–Trinajstić information content (AvgIpc) is 3.12. The van der Waals surface area contributed by atoms with Crippen molar-refractivity contribution >= 4 is 11.0 Å². The van der Waals surface area contributed by atoms with Gasteiger partial charge in [-0.1, -0.05) is 0 Å². The lowest BCUT2D eigenvalue weighted by molar-refractivity contribution is -0.137. The van der Waals surface area contributed by atoms with Gasteiger partial charge in [-0.25, -0.2) is 4.98 Å². The van der Waals surface area contributed by atoms with Gasteiger partial charge in [0.25, 0.3) is 0 Å². The van der Waals surface area contributed by atoms with Gasteiger partial charge in [0.15, 0.2) is 0 Å². The summed E-state index contributed by atoms with van der Waals surface area (Å²) < 4.78 is 45.8. The number of halogens is 3. The fraction of sp³-hybridized carbons (Fsp3) is 0.562. The Hall–Kier alpha value is -1.60. The number of alkyl halides is 3. The quantitative estimate of drug-likeness (QED) is 0.935. The number of hydrogen-bond donors (Lipinski definition) is 1. The Kier molecular flexibility index (Phi) is 4.33. The molecule has 0 amide bonds. The van der Waals surface area contributed by atoms with Crippen LogP contribution in [0.4, 0.5) is 13.2 Å². The number of hydrogen-bond acceptors (Lipinski definition) is 3. The minimum atomic E-state index is -4.35. The van der Waals surface area contributed by atoms with E-state index in [1.807, 2.05) is 18.5 Å². The van der Waals surface area contributed by atoms with Gasteiger partial charge in [-0.3, -0.25) is 0 Å². The molecule has 2 unspecified atom stereocenters. The molecule has 1 aromatic carbocycles. The summed E-state index contributed by atoms with van der Waals surface area (Å²) in [6, 6.07) is 3.61. The van der Waals surface area contributed by atoms with Crippen molar-refractivity contribution in [3.05, 3.63) is 29.6 Å². The zero-order chi connectivity index (χ0) is 16.6. The zero-order valence-electron chi connectivity index (χ0n) is 13.2. The Morgan fingerprint density at radius 3 is 2.87 bits per heavy atom. The summed E-state index contributed by atoms with van der Waals surface area (Å²) in [5.41, 5.74) is 0.386. The van der Waals surface area contributed by atoms with Crippen molar-refractivity contribution in [1.82, 2.24) is 14.9 Å². The van der Waals surface area contributed by atoms with E-state index >= 15 is 0 Å². The molecule has 23 heavy (non-hydrogen) atoms. The lowest BCUT2D eigenvalue weighted by Gasteiger charge is -2.16. The van der Waals surface area contributed by atoms with E-state index < -0.39 is 11.7 Å². The Morgan fingerprint density at radius 2 is 2.22 bits per heavy atom. The number of imidazole rings is 1. The first-order valence-corrected chi connectivity index (χ1v) is 7.75. The van der Waals surface area contributed by atoms with E-state index in [-0.39, 0.29) is 12.1 Å². The number of fused-ring (bicyclic) bond motifs is 1. The van der Waals surface area contributed by atoms with Crippen molar-refractivity contribution in [2.75, 3.05) is 13.2 Å². The molecule has 1 aliphatic rings. The number of nitrogens with zero attached hydrogens (tertiary/aromatic N) is 2. The zero-order valence-corrected chi connectivity index (χ0v) is 13.2. The van der Waals surface area contributed by atoms with Crippen LogP contribution in [0.1, 0.15) is 37.2 Å². The topological polar surface area (TPSA) is 39.1 Å². The highest BCUT2D eigenvalue weighted by Gasteiger charge is 2.31. The average molecular weight is 327 g/mol. The van der Waals surface area contributed by atoms with Crippen LogP contribution in [0.2, 0.25) is 0 Å². The van der Waals surface area contributed by atoms with Crippen molar-refractivity contribution in [2.24, 2.45) is 7.05 Å². The number of rotatable bonds is 4. The molecule has 4 nitrogen and oxygen atoms in total. The monoisotopic (exact) mass is 327 g/mol. The van der Waals surface area contributed by atoms with Crippen LogP contribution in [0.15, 0.2) is 18.2 Å². The molecule has 0 spiro atoms. The SMILES string of the molecule is CC(NCC1CCCO1)c1nc2cc(C(F)(F)F)ccc2n1C. The molecule has 3 rings (SSSR count). The van der Waals surface area contributed by atoms with Gasteiger partial charge >= 0.3 is 6.18 Å². The molecule has 0 bridgehead atoms. The summed E-state index contributed by atoms with van der Waals surface area (Å²) in [5, 5.41) is 3.36. The van der Waals surface area contributed by atoms with Crippen LogP contribution in [0, 0.1) is 0 Å². The number of ether oxygens (including phenoxy) is 1.